The first-order valence-corrected chi connectivity index (χ1v) is 10.1. The molecule has 0 aromatic heterocycles. The maximum absolute atomic E-state index is 12.3. The third-order valence-electron chi connectivity index (χ3n) is 4.87. The number of carbonyl (C=O) groups is 3. The summed E-state index contributed by atoms with van der Waals surface area (Å²) in [5.41, 5.74) is 4.50. The molecule has 1 aliphatic heterocycles. The van der Waals surface area contributed by atoms with Crippen LogP contribution >= 0.6 is 15.9 Å². The molecule has 2 aromatic rings. The number of anilines is 2. The minimum absolute atomic E-state index is 0.0828. The maximum atomic E-state index is 12.3. The maximum Gasteiger partial charge on any atom is 0.311 e. The number of esters is 1. The molecular formula is C22H23BrN2O4. The van der Waals surface area contributed by atoms with E-state index in [0.717, 1.165) is 26.9 Å². The average molecular weight is 459 g/mol. The zero-order chi connectivity index (χ0) is 21.1. The van der Waals surface area contributed by atoms with Gasteiger partial charge >= 0.3 is 5.97 Å². The number of aryl methyl sites for hydroxylation is 3. The number of hydrogen-bond donors (Lipinski definition) is 1. The van der Waals surface area contributed by atoms with Crippen molar-refractivity contribution in [3.63, 3.8) is 0 Å². The van der Waals surface area contributed by atoms with E-state index in [2.05, 4.69) is 21.2 Å². The number of nitrogens with one attached hydrogen (secondary N) is 1. The Bertz CT molecular complexity index is 933. The van der Waals surface area contributed by atoms with Crippen LogP contribution in [0.5, 0.6) is 0 Å². The molecule has 1 heterocycles. The van der Waals surface area contributed by atoms with Crippen molar-refractivity contribution < 1.29 is 19.1 Å². The van der Waals surface area contributed by atoms with E-state index in [9.17, 15) is 14.4 Å². The van der Waals surface area contributed by atoms with Gasteiger partial charge in [0.15, 0.2) is 6.61 Å². The van der Waals surface area contributed by atoms with Crippen LogP contribution in [-0.4, -0.2) is 30.9 Å². The first-order chi connectivity index (χ1) is 13.7. The Morgan fingerprint density at radius 3 is 2.38 bits per heavy atom. The molecule has 29 heavy (non-hydrogen) atoms. The SMILES string of the molecule is Cc1ccc(N2C[C@@H](C(=O)OCC(=O)Nc3cc(C)c(Br)c(C)c3)CC2=O)cc1. The molecule has 0 unspecified atom stereocenters. The number of halogens is 1. The monoisotopic (exact) mass is 458 g/mol. The summed E-state index contributed by atoms with van der Waals surface area (Å²) < 4.78 is 6.15. The van der Waals surface area contributed by atoms with Crippen LogP contribution in [0.15, 0.2) is 40.9 Å². The Kier molecular flexibility index (Phi) is 6.37. The van der Waals surface area contributed by atoms with Crippen LogP contribution in [-0.2, 0) is 19.1 Å². The quantitative estimate of drug-likeness (QED) is 0.689. The summed E-state index contributed by atoms with van der Waals surface area (Å²) in [6, 6.07) is 11.2. The molecule has 0 radical (unpaired) electrons. The van der Waals surface area contributed by atoms with Crippen LogP contribution in [0.1, 0.15) is 23.1 Å². The van der Waals surface area contributed by atoms with Crippen molar-refractivity contribution in [1.29, 1.82) is 0 Å². The van der Waals surface area contributed by atoms with Crippen molar-refractivity contribution >= 4 is 45.1 Å². The standard InChI is InChI=1S/C22H23BrN2O4/c1-13-4-6-18(7-5-13)25-11-16(10-20(25)27)22(28)29-12-19(26)24-17-8-14(2)21(23)15(3)9-17/h4-9,16H,10-12H2,1-3H3,(H,24,26)/t16-/m0/s1. The third-order valence-corrected chi connectivity index (χ3v) is 6.12. The summed E-state index contributed by atoms with van der Waals surface area (Å²) in [5, 5.41) is 2.73. The predicted molar refractivity (Wildman–Crippen MR) is 115 cm³/mol. The average Bonchev–Trinajstić information content (AvgIpc) is 3.06. The number of rotatable bonds is 5. The molecule has 2 aromatic carbocycles. The van der Waals surface area contributed by atoms with Gasteiger partial charge in [0.1, 0.15) is 0 Å². The van der Waals surface area contributed by atoms with Gasteiger partial charge in [-0.3, -0.25) is 14.4 Å². The van der Waals surface area contributed by atoms with E-state index in [1.54, 1.807) is 4.90 Å². The summed E-state index contributed by atoms with van der Waals surface area (Å²) in [7, 11) is 0. The Morgan fingerprint density at radius 1 is 1.14 bits per heavy atom. The summed E-state index contributed by atoms with van der Waals surface area (Å²) in [6.45, 7) is 5.71. The smallest absolute Gasteiger partial charge is 0.311 e. The van der Waals surface area contributed by atoms with Gasteiger partial charge < -0.3 is 15.0 Å². The zero-order valence-electron chi connectivity index (χ0n) is 16.6. The second-order valence-corrected chi connectivity index (χ2v) is 8.11. The first kappa shape index (κ1) is 21.0. The topological polar surface area (TPSA) is 75.7 Å². The summed E-state index contributed by atoms with van der Waals surface area (Å²) in [4.78, 5) is 38.4. The van der Waals surface area contributed by atoms with E-state index >= 15 is 0 Å². The Balaban J connectivity index is 1.53. The van der Waals surface area contributed by atoms with Crippen molar-refractivity contribution in [1.82, 2.24) is 0 Å². The van der Waals surface area contributed by atoms with Crippen LogP contribution in [0.4, 0.5) is 11.4 Å². The lowest BCUT2D eigenvalue weighted by Gasteiger charge is -2.16. The summed E-state index contributed by atoms with van der Waals surface area (Å²) in [5.74, 6) is -1.65. The van der Waals surface area contributed by atoms with Gasteiger partial charge in [0.2, 0.25) is 5.91 Å². The lowest BCUT2D eigenvalue weighted by atomic mass is 10.1. The normalized spacial score (nSPS) is 16.1. The minimum Gasteiger partial charge on any atom is -0.455 e. The lowest BCUT2D eigenvalue weighted by molar-refractivity contribution is -0.151. The van der Waals surface area contributed by atoms with Gasteiger partial charge in [0, 0.05) is 28.8 Å². The van der Waals surface area contributed by atoms with Crippen molar-refractivity contribution in [3.05, 3.63) is 57.6 Å². The number of nitrogens with zero attached hydrogens (tertiary/aromatic N) is 1. The fraction of sp³-hybridized carbons (Fsp3) is 0.318. The van der Waals surface area contributed by atoms with E-state index in [1.807, 2.05) is 57.2 Å². The highest BCUT2D eigenvalue weighted by molar-refractivity contribution is 9.10. The van der Waals surface area contributed by atoms with Gasteiger partial charge in [-0.15, -0.1) is 0 Å². The highest BCUT2D eigenvalue weighted by Gasteiger charge is 2.36. The molecule has 1 aliphatic rings. The molecular weight excluding hydrogens is 436 g/mol. The second kappa shape index (κ2) is 8.78. The molecule has 0 aliphatic carbocycles. The Morgan fingerprint density at radius 2 is 1.76 bits per heavy atom. The van der Waals surface area contributed by atoms with Crippen molar-refractivity contribution in [3.8, 4) is 0 Å². The molecule has 152 valence electrons. The number of carbonyl (C=O) groups excluding carboxylic acids is 3. The lowest BCUT2D eigenvalue weighted by Crippen LogP contribution is -2.28. The highest BCUT2D eigenvalue weighted by Crippen LogP contribution is 2.27. The fourth-order valence-electron chi connectivity index (χ4n) is 3.31. The fourth-order valence-corrected chi connectivity index (χ4v) is 3.54. The number of ether oxygens (including phenoxy) is 1. The van der Waals surface area contributed by atoms with Crippen LogP contribution in [0.25, 0.3) is 0 Å². The molecule has 2 amide bonds. The van der Waals surface area contributed by atoms with Gasteiger partial charge in [-0.2, -0.15) is 0 Å². The largest absolute Gasteiger partial charge is 0.455 e. The van der Waals surface area contributed by atoms with Gasteiger partial charge in [0.25, 0.3) is 5.91 Å². The van der Waals surface area contributed by atoms with Gasteiger partial charge in [0.05, 0.1) is 5.92 Å². The number of benzene rings is 2. The molecule has 0 spiro atoms. The van der Waals surface area contributed by atoms with Crippen LogP contribution < -0.4 is 10.2 Å². The second-order valence-electron chi connectivity index (χ2n) is 7.32. The molecule has 3 rings (SSSR count). The van der Waals surface area contributed by atoms with E-state index < -0.39 is 17.8 Å². The van der Waals surface area contributed by atoms with Crippen molar-refractivity contribution in [2.24, 2.45) is 5.92 Å². The van der Waals surface area contributed by atoms with Gasteiger partial charge in [-0.25, -0.2) is 0 Å². The highest BCUT2D eigenvalue weighted by atomic mass is 79.9. The summed E-state index contributed by atoms with van der Waals surface area (Å²) in [6.07, 6.45) is 0.0828. The Hall–Kier alpha value is -2.67. The minimum atomic E-state index is -0.575. The molecule has 1 atom stereocenters. The molecule has 1 saturated heterocycles. The van der Waals surface area contributed by atoms with Crippen LogP contribution in [0.2, 0.25) is 0 Å². The van der Waals surface area contributed by atoms with Gasteiger partial charge in [-0.05, 0) is 56.2 Å². The van der Waals surface area contributed by atoms with Crippen LogP contribution in [0, 0.1) is 26.7 Å². The Labute approximate surface area is 178 Å². The van der Waals surface area contributed by atoms with Gasteiger partial charge in [-0.1, -0.05) is 33.6 Å². The molecule has 0 saturated carbocycles. The number of hydrogen-bond acceptors (Lipinski definition) is 4. The molecule has 1 fully saturated rings. The molecule has 0 bridgehead atoms. The first-order valence-electron chi connectivity index (χ1n) is 9.35. The third kappa shape index (κ3) is 5.03. The molecule has 6 nitrogen and oxygen atoms in total. The van der Waals surface area contributed by atoms with Crippen molar-refractivity contribution in [2.45, 2.75) is 27.2 Å². The molecule has 7 heteroatoms. The van der Waals surface area contributed by atoms with E-state index in [-0.39, 0.29) is 25.5 Å². The molecule has 1 N–H and O–H groups in total. The van der Waals surface area contributed by atoms with Crippen LogP contribution in [0.3, 0.4) is 0 Å². The number of amides is 2. The van der Waals surface area contributed by atoms with Crippen molar-refractivity contribution in [2.75, 3.05) is 23.4 Å². The predicted octanol–water partition coefficient (Wildman–Crippen LogP) is 3.91. The van der Waals surface area contributed by atoms with E-state index in [4.69, 9.17) is 4.74 Å². The van der Waals surface area contributed by atoms with E-state index in [0.29, 0.717) is 5.69 Å². The summed E-state index contributed by atoms with van der Waals surface area (Å²) >= 11 is 3.48. The zero-order valence-corrected chi connectivity index (χ0v) is 18.2. The van der Waals surface area contributed by atoms with E-state index in [1.165, 1.54) is 0 Å².